The van der Waals surface area contributed by atoms with E-state index in [1.54, 1.807) is 18.2 Å². The van der Waals surface area contributed by atoms with E-state index in [2.05, 4.69) is 0 Å². The van der Waals surface area contributed by atoms with Crippen LogP contribution in [0.2, 0.25) is 0 Å². The minimum atomic E-state index is -0.511. The van der Waals surface area contributed by atoms with Gasteiger partial charge in [0.15, 0.2) is 0 Å². The normalized spacial score (nSPS) is 15.9. The second-order valence-corrected chi connectivity index (χ2v) is 6.84. The van der Waals surface area contributed by atoms with Gasteiger partial charge in [0.1, 0.15) is 5.69 Å². The number of morpholine rings is 1. The Hall–Kier alpha value is -3.53. The first-order valence-corrected chi connectivity index (χ1v) is 9.16. The highest BCUT2D eigenvalue weighted by Crippen LogP contribution is 2.35. The number of carbonyl (C=O) groups excluding carboxylic acids is 1. The number of non-ortho nitro benzene ring substituents is 1. The minimum Gasteiger partial charge on any atom is -0.378 e. The first-order valence-electron chi connectivity index (χ1n) is 9.16. The van der Waals surface area contributed by atoms with Gasteiger partial charge in [-0.05, 0) is 24.1 Å². The van der Waals surface area contributed by atoms with Crippen molar-refractivity contribution >= 4 is 28.7 Å². The predicted octanol–water partition coefficient (Wildman–Crippen LogP) is 2.54. The zero-order valence-electron chi connectivity index (χ0n) is 15.4. The second kappa shape index (κ2) is 7.47. The summed E-state index contributed by atoms with van der Waals surface area (Å²) in [7, 11) is 0. The molecule has 0 radical (unpaired) electrons. The maximum absolute atomic E-state index is 13.1. The molecule has 2 aliphatic rings. The van der Waals surface area contributed by atoms with Crippen molar-refractivity contribution in [3.63, 3.8) is 0 Å². The van der Waals surface area contributed by atoms with Gasteiger partial charge >= 0.3 is 0 Å². The summed E-state index contributed by atoms with van der Waals surface area (Å²) >= 11 is 0. The van der Waals surface area contributed by atoms with Gasteiger partial charge in [-0.1, -0.05) is 6.07 Å². The third kappa shape index (κ3) is 3.49. The van der Waals surface area contributed by atoms with Crippen LogP contribution >= 0.6 is 0 Å². The number of benzene rings is 2. The van der Waals surface area contributed by atoms with Crippen LogP contribution in [-0.2, 0) is 11.2 Å². The van der Waals surface area contributed by atoms with E-state index < -0.39 is 15.8 Å². The lowest BCUT2D eigenvalue weighted by Crippen LogP contribution is -2.36. The molecule has 4 rings (SSSR count). The lowest BCUT2D eigenvalue weighted by atomic mass is 10.1. The number of fused-ring (bicyclic) bond motifs is 1. The van der Waals surface area contributed by atoms with Crippen LogP contribution in [0.15, 0.2) is 36.4 Å². The van der Waals surface area contributed by atoms with E-state index in [0.717, 1.165) is 5.56 Å². The Labute approximate surface area is 165 Å². The summed E-state index contributed by atoms with van der Waals surface area (Å²) in [4.78, 5) is 38.0. The van der Waals surface area contributed by atoms with Crippen LogP contribution in [0.4, 0.5) is 22.7 Å². The molecule has 0 spiro atoms. The molecule has 0 saturated carbocycles. The van der Waals surface area contributed by atoms with Gasteiger partial charge < -0.3 is 14.5 Å². The van der Waals surface area contributed by atoms with Crippen molar-refractivity contribution in [1.82, 2.24) is 0 Å². The van der Waals surface area contributed by atoms with E-state index in [0.29, 0.717) is 50.6 Å². The second-order valence-electron chi connectivity index (χ2n) is 6.84. The van der Waals surface area contributed by atoms with E-state index in [1.165, 1.54) is 23.1 Å². The topological polar surface area (TPSA) is 119 Å². The predicted molar refractivity (Wildman–Crippen MR) is 105 cm³/mol. The van der Waals surface area contributed by atoms with Gasteiger partial charge in [-0.3, -0.25) is 25.0 Å². The molecule has 0 aromatic heterocycles. The summed E-state index contributed by atoms with van der Waals surface area (Å²) in [6.45, 7) is 2.42. The maximum Gasteiger partial charge on any atom is 0.293 e. The molecule has 0 unspecified atom stereocenters. The van der Waals surface area contributed by atoms with Crippen molar-refractivity contribution in [1.29, 1.82) is 0 Å². The first-order chi connectivity index (χ1) is 14.0. The van der Waals surface area contributed by atoms with Crippen molar-refractivity contribution in [2.24, 2.45) is 0 Å². The summed E-state index contributed by atoms with van der Waals surface area (Å²) in [6.07, 6.45) is 0.576. The molecule has 29 heavy (non-hydrogen) atoms. The molecular formula is C19H18N4O6. The Morgan fingerprint density at radius 2 is 1.69 bits per heavy atom. The first kappa shape index (κ1) is 18.8. The van der Waals surface area contributed by atoms with E-state index in [4.69, 9.17) is 4.74 Å². The molecule has 0 atom stereocenters. The lowest BCUT2D eigenvalue weighted by molar-refractivity contribution is -0.384. The Morgan fingerprint density at radius 3 is 2.38 bits per heavy atom. The molecular weight excluding hydrogens is 380 g/mol. The highest BCUT2D eigenvalue weighted by molar-refractivity contribution is 6.08. The van der Waals surface area contributed by atoms with Gasteiger partial charge in [-0.25, -0.2) is 0 Å². The molecule has 0 bridgehead atoms. The summed E-state index contributed by atoms with van der Waals surface area (Å²) in [5.74, 6) is -0.416. The minimum absolute atomic E-state index is 0.0999. The average Bonchev–Trinajstić information content (AvgIpc) is 3.16. The number of nitro benzene ring substituents is 2. The zero-order chi connectivity index (χ0) is 20.5. The van der Waals surface area contributed by atoms with E-state index in [1.807, 2.05) is 4.90 Å². The third-order valence-corrected chi connectivity index (χ3v) is 5.19. The fourth-order valence-electron chi connectivity index (χ4n) is 3.72. The molecule has 150 valence electrons. The molecule has 1 fully saturated rings. The Morgan fingerprint density at radius 1 is 0.931 bits per heavy atom. The Kier molecular flexibility index (Phi) is 4.85. The number of nitrogens with zero attached hydrogens (tertiary/aromatic N) is 4. The summed E-state index contributed by atoms with van der Waals surface area (Å²) in [5, 5.41) is 22.7. The average molecular weight is 398 g/mol. The molecule has 1 amide bonds. The van der Waals surface area contributed by atoms with Crippen molar-refractivity contribution in [2.45, 2.75) is 6.42 Å². The monoisotopic (exact) mass is 398 g/mol. The number of rotatable bonds is 4. The summed E-state index contributed by atoms with van der Waals surface area (Å²) in [6, 6.07) is 8.86. The number of ether oxygens (including phenoxy) is 1. The third-order valence-electron chi connectivity index (χ3n) is 5.19. The number of hydrogen-bond donors (Lipinski definition) is 0. The van der Waals surface area contributed by atoms with E-state index in [-0.39, 0.29) is 16.9 Å². The van der Waals surface area contributed by atoms with Gasteiger partial charge in [0.25, 0.3) is 17.3 Å². The van der Waals surface area contributed by atoms with E-state index >= 15 is 0 Å². The molecule has 10 heteroatoms. The molecule has 0 aliphatic carbocycles. The number of amides is 1. The van der Waals surface area contributed by atoms with Gasteiger partial charge in [-0.15, -0.1) is 0 Å². The van der Waals surface area contributed by atoms with Crippen LogP contribution in [0, 0.1) is 20.2 Å². The standard InChI is InChI=1S/C19H18N4O6/c24-19(21-6-5-13-1-3-15(22(25)26)12-17(13)21)14-2-4-16(18(11-14)23(27)28)20-7-9-29-10-8-20/h1-4,11-12H,5-10H2. The van der Waals surface area contributed by atoms with Gasteiger partial charge in [-0.2, -0.15) is 0 Å². The fraction of sp³-hybridized carbons (Fsp3) is 0.316. The molecule has 2 heterocycles. The molecule has 2 aromatic rings. The molecule has 0 N–H and O–H groups in total. The van der Waals surface area contributed by atoms with Crippen LogP contribution in [0.3, 0.4) is 0 Å². The number of carbonyl (C=O) groups is 1. The highest BCUT2D eigenvalue weighted by atomic mass is 16.6. The number of nitro groups is 2. The van der Waals surface area contributed by atoms with Crippen molar-refractivity contribution in [3.05, 3.63) is 67.8 Å². The van der Waals surface area contributed by atoms with Crippen LogP contribution in [0.5, 0.6) is 0 Å². The van der Waals surface area contributed by atoms with Crippen molar-refractivity contribution in [3.8, 4) is 0 Å². The van der Waals surface area contributed by atoms with Crippen molar-refractivity contribution < 1.29 is 19.4 Å². The van der Waals surface area contributed by atoms with Crippen LogP contribution in [0.25, 0.3) is 0 Å². The quantitative estimate of drug-likeness (QED) is 0.573. The van der Waals surface area contributed by atoms with Crippen LogP contribution in [0.1, 0.15) is 15.9 Å². The largest absolute Gasteiger partial charge is 0.378 e. The SMILES string of the molecule is O=C(c1ccc(N2CCOCC2)c([N+](=O)[O-])c1)N1CCc2ccc([N+](=O)[O-])cc21. The van der Waals surface area contributed by atoms with Gasteiger partial charge in [0.2, 0.25) is 0 Å². The zero-order valence-corrected chi connectivity index (χ0v) is 15.4. The highest BCUT2D eigenvalue weighted by Gasteiger charge is 2.30. The summed E-state index contributed by atoms with van der Waals surface area (Å²) < 4.78 is 5.29. The smallest absolute Gasteiger partial charge is 0.293 e. The molecule has 2 aromatic carbocycles. The Bertz CT molecular complexity index is 1000. The fourth-order valence-corrected chi connectivity index (χ4v) is 3.72. The molecule has 10 nitrogen and oxygen atoms in total. The summed E-state index contributed by atoms with van der Waals surface area (Å²) in [5.41, 5.74) is 1.70. The lowest BCUT2D eigenvalue weighted by Gasteiger charge is -2.28. The number of anilines is 2. The molecule has 2 aliphatic heterocycles. The van der Waals surface area contributed by atoms with Crippen molar-refractivity contribution in [2.75, 3.05) is 42.6 Å². The van der Waals surface area contributed by atoms with Gasteiger partial charge in [0.05, 0.1) is 28.7 Å². The van der Waals surface area contributed by atoms with Crippen LogP contribution in [-0.4, -0.2) is 48.6 Å². The van der Waals surface area contributed by atoms with Crippen LogP contribution < -0.4 is 9.80 Å². The Balaban J connectivity index is 1.67. The maximum atomic E-state index is 13.1. The number of hydrogen-bond acceptors (Lipinski definition) is 7. The molecule has 1 saturated heterocycles. The van der Waals surface area contributed by atoms with Gasteiger partial charge in [0, 0.05) is 43.4 Å². The van der Waals surface area contributed by atoms with E-state index in [9.17, 15) is 25.0 Å².